The fourth-order valence-corrected chi connectivity index (χ4v) is 3.21. The number of hydrogen-bond donors (Lipinski definition) is 4. The van der Waals surface area contributed by atoms with Crippen LogP contribution in [0.1, 0.15) is 58.8 Å². The highest BCUT2D eigenvalue weighted by Gasteiger charge is 2.44. The molecule has 1 saturated heterocycles. The van der Waals surface area contributed by atoms with Gasteiger partial charge in [-0.1, -0.05) is 31.4 Å². The molecule has 0 aliphatic carbocycles. The molecule has 1 rings (SSSR count). The van der Waals surface area contributed by atoms with Crippen LogP contribution in [0.3, 0.4) is 0 Å². The predicted molar refractivity (Wildman–Crippen MR) is 113 cm³/mol. The van der Waals surface area contributed by atoms with E-state index in [0.29, 0.717) is 6.42 Å². The van der Waals surface area contributed by atoms with Gasteiger partial charge >= 0.3 is 11.9 Å². The van der Waals surface area contributed by atoms with Crippen LogP contribution in [0.4, 0.5) is 0 Å². The van der Waals surface area contributed by atoms with Gasteiger partial charge in [-0.2, -0.15) is 0 Å². The molecule has 0 aromatic heterocycles. The van der Waals surface area contributed by atoms with Gasteiger partial charge in [-0.25, -0.2) is 0 Å². The number of esters is 2. The maximum atomic E-state index is 12.2. The lowest BCUT2D eigenvalue weighted by atomic mass is 9.99. The van der Waals surface area contributed by atoms with Crippen molar-refractivity contribution in [2.45, 2.75) is 95.6 Å². The Kier molecular flexibility index (Phi) is 14.3. The first-order valence-electron chi connectivity index (χ1n) is 11.2. The lowest BCUT2D eigenvalue weighted by Crippen LogP contribution is -2.59. The van der Waals surface area contributed by atoms with E-state index in [1.54, 1.807) is 0 Å². The molecule has 0 bridgehead atoms. The third kappa shape index (κ3) is 10.8. The van der Waals surface area contributed by atoms with Crippen molar-refractivity contribution in [1.82, 2.24) is 0 Å². The minimum atomic E-state index is -1.58. The van der Waals surface area contributed by atoms with Gasteiger partial charge in [0.15, 0.2) is 12.4 Å². The highest BCUT2D eigenvalue weighted by atomic mass is 16.7. The van der Waals surface area contributed by atoms with Crippen LogP contribution in [0, 0.1) is 0 Å². The summed E-state index contributed by atoms with van der Waals surface area (Å²) in [5.74, 6) is -1.02. The summed E-state index contributed by atoms with van der Waals surface area (Å²) in [5.41, 5.74) is 0. The summed E-state index contributed by atoms with van der Waals surface area (Å²) >= 11 is 0. The number of hydrogen-bond acceptors (Lipinski definition) is 10. The molecule has 0 unspecified atom stereocenters. The van der Waals surface area contributed by atoms with Crippen LogP contribution in [0.2, 0.25) is 0 Å². The molecule has 1 aliphatic heterocycles. The second-order valence-corrected chi connectivity index (χ2v) is 7.82. The summed E-state index contributed by atoms with van der Waals surface area (Å²) in [7, 11) is 0. The second kappa shape index (κ2) is 16.1. The van der Waals surface area contributed by atoms with E-state index >= 15 is 0 Å². The number of carbonyl (C=O) groups is 2. The van der Waals surface area contributed by atoms with Crippen LogP contribution in [0.25, 0.3) is 0 Å². The van der Waals surface area contributed by atoms with Gasteiger partial charge in [0.05, 0.1) is 13.2 Å². The third-order valence-corrected chi connectivity index (χ3v) is 5.05. The number of allylic oxidation sites excluding steroid dienone is 2. The van der Waals surface area contributed by atoms with Crippen molar-refractivity contribution >= 4 is 11.9 Å². The van der Waals surface area contributed by atoms with E-state index in [2.05, 4.69) is 6.08 Å². The monoisotopic (exact) mass is 462 g/mol. The Morgan fingerprint density at radius 3 is 2.34 bits per heavy atom. The Balaban J connectivity index is 2.45. The van der Waals surface area contributed by atoms with Gasteiger partial charge < -0.3 is 39.4 Å². The predicted octanol–water partition coefficient (Wildman–Crippen LogP) is 0.585. The quantitative estimate of drug-likeness (QED) is 0.154. The van der Waals surface area contributed by atoms with Gasteiger partial charge in [0.2, 0.25) is 0 Å². The molecule has 4 N–H and O–H groups in total. The fraction of sp³-hybridized carbons (Fsp3) is 0.818. The molecule has 10 heteroatoms. The molecule has 1 heterocycles. The van der Waals surface area contributed by atoms with Crippen molar-refractivity contribution in [1.29, 1.82) is 0 Å². The van der Waals surface area contributed by atoms with Crippen LogP contribution in [-0.2, 0) is 28.5 Å². The third-order valence-electron chi connectivity index (χ3n) is 5.05. The Hall–Kier alpha value is -1.56. The molecule has 0 aromatic rings. The first kappa shape index (κ1) is 28.5. The number of aliphatic hydroxyl groups excluding tert-OH is 4. The van der Waals surface area contributed by atoms with E-state index in [9.17, 15) is 30.0 Å². The Morgan fingerprint density at radius 2 is 1.69 bits per heavy atom. The van der Waals surface area contributed by atoms with Crippen molar-refractivity contribution in [3.05, 3.63) is 12.2 Å². The highest BCUT2D eigenvalue weighted by Crippen LogP contribution is 2.22. The van der Waals surface area contributed by atoms with Crippen LogP contribution < -0.4 is 0 Å². The highest BCUT2D eigenvalue weighted by molar-refractivity contribution is 5.69. The standard InChI is InChI=1S/C22H38O10/c1-3-4-5-6-7-8-9-10-11-18(25)31-16(13-29-15(2)24)14-30-22-21(28)20(27)19(26)17(12-23)32-22/h3-4,16-17,19-23,26-28H,5-14H2,1-2H3/b4-3+/t16-,17-,19+,20+,21-,22-/m1/s1. The van der Waals surface area contributed by atoms with Crippen LogP contribution in [0.5, 0.6) is 0 Å². The zero-order chi connectivity index (χ0) is 23.9. The van der Waals surface area contributed by atoms with Crippen molar-refractivity contribution in [3.63, 3.8) is 0 Å². The van der Waals surface area contributed by atoms with Crippen LogP contribution >= 0.6 is 0 Å². The zero-order valence-electron chi connectivity index (χ0n) is 18.9. The molecule has 0 amide bonds. The van der Waals surface area contributed by atoms with E-state index in [1.807, 2.05) is 13.0 Å². The van der Waals surface area contributed by atoms with Crippen molar-refractivity contribution in [2.75, 3.05) is 19.8 Å². The Bertz CT molecular complexity index is 565. The molecule has 0 aromatic carbocycles. The maximum absolute atomic E-state index is 12.2. The molecule has 0 radical (unpaired) electrons. The smallest absolute Gasteiger partial charge is 0.306 e. The van der Waals surface area contributed by atoms with Gasteiger partial charge in [0.25, 0.3) is 0 Å². The van der Waals surface area contributed by atoms with E-state index in [4.69, 9.17) is 18.9 Å². The van der Waals surface area contributed by atoms with Crippen molar-refractivity contribution in [2.24, 2.45) is 0 Å². The largest absolute Gasteiger partial charge is 0.462 e. The lowest BCUT2D eigenvalue weighted by Gasteiger charge is -2.39. The second-order valence-electron chi connectivity index (χ2n) is 7.82. The Labute approximate surface area is 189 Å². The van der Waals surface area contributed by atoms with Crippen molar-refractivity contribution < 1.29 is 49.0 Å². The summed E-state index contributed by atoms with van der Waals surface area (Å²) < 4.78 is 20.9. The number of carbonyl (C=O) groups excluding carboxylic acids is 2. The fourth-order valence-electron chi connectivity index (χ4n) is 3.21. The number of unbranched alkanes of at least 4 members (excludes halogenated alkanes) is 5. The Morgan fingerprint density at radius 1 is 1.00 bits per heavy atom. The topological polar surface area (TPSA) is 152 Å². The average molecular weight is 463 g/mol. The summed E-state index contributed by atoms with van der Waals surface area (Å²) in [6, 6.07) is 0. The molecule has 1 fully saturated rings. The van der Waals surface area contributed by atoms with E-state index in [1.165, 1.54) is 6.92 Å². The molecular formula is C22H38O10. The van der Waals surface area contributed by atoms with Gasteiger partial charge in [-0.15, -0.1) is 0 Å². The zero-order valence-corrected chi connectivity index (χ0v) is 18.9. The minimum absolute atomic E-state index is 0.214. The summed E-state index contributed by atoms with van der Waals surface area (Å²) in [5, 5.41) is 38.9. The van der Waals surface area contributed by atoms with E-state index in [-0.39, 0.29) is 19.6 Å². The van der Waals surface area contributed by atoms with Gasteiger partial charge in [0, 0.05) is 13.3 Å². The van der Waals surface area contributed by atoms with Crippen molar-refractivity contribution in [3.8, 4) is 0 Å². The molecule has 0 saturated carbocycles. The van der Waals surface area contributed by atoms with Crippen LogP contribution in [-0.4, -0.2) is 89.0 Å². The summed E-state index contributed by atoms with van der Waals surface area (Å²) in [6.07, 6.45) is 2.16. The first-order chi connectivity index (χ1) is 15.3. The van der Waals surface area contributed by atoms with Gasteiger partial charge in [0.1, 0.15) is 31.0 Å². The SMILES string of the molecule is C/C=C/CCCCCCCC(=O)O[C@H](COC(C)=O)CO[C@@H]1O[C@H](CO)[C@H](O)[C@H](O)[C@H]1O. The summed E-state index contributed by atoms with van der Waals surface area (Å²) in [6.45, 7) is 2.09. The summed E-state index contributed by atoms with van der Waals surface area (Å²) in [4.78, 5) is 23.3. The first-order valence-corrected chi connectivity index (χ1v) is 11.2. The number of aliphatic hydroxyl groups is 4. The van der Waals surface area contributed by atoms with Crippen LogP contribution in [0.15, 0.2) is 12.2 Å². The molecule has 10 nitrogen and oxygen atoms in total. The average Bonchev–Trinajstić information content (AvgIpc) is 2.76. The maximum Gasteiger partial charge on any atom is 0.306 e. The van der Waals surface area contributed by atoms with E-state index < -0.39 is 55.4 Å². The minimum Gasteiger partial charge on any atom is -0.462 e. The molecular weight excluding hydrogens is 424 g/mol. The normalized spacial score (nSPS) is 26.8. The number of ether oxygens (including phenoxy) is 4. The van der Waals surface area contributed by atoms with Gasteiger partial charge in [-0.3, -0.25) is 9.59 Å². The number of rotatable bonds is 15. The molecule has 186 valence electrons. The lowest BCUT2D eigenvalue weighted by molar-refractivity contribution is -0.305. The molecule has 32 heavy (non-hydrogen) atoms. The van der Waals surface area contributed by atoms with E-state index in [0.717, 1.165) is 32.1 Å². The van der Waals surface area contributed by atoms with Gasteiger partial charge in [-0.05, 0) is 26.2 Å². The molecule has 1 aliphatic rings. The molecule has 6 atom stereocenters. The molecule has 0 spiro atoms.